The molecule has 2 aromatic rings. The third-order valence-corrected chi connectivity index (χ3v) is 4.28. The number of phenols is 2. The molecular formula is C18H18Cl2O2. The van der Waals surface area contributed by atoms with Crippen LogP contribution in [0.4, 0.5) is 0 Å². The SMILES string of the molecule is CC(=CC(C)(C)c1ccc(O)c(Cl)c1)c1ccc(O)c(Cl)c1. The molecule has 0 aromatic heterocycles. The molecule has 0 saturated heterocycles. The van der Waals surface area contributed by atoms with Gasteiger partial charge in [-0.25, -0.2) is 0 Å². The third-order valence-electron chi connectivity index (χ3n) is 3.67. The van der Waals surface area contributed by atoms with E-state index in [0.29, 0.717) is 10.0 Å². The third kappa shape index (κ3) is 3.57. The molecule has 0 aliphatic carbocycles. The highest BCUT2D eigenvalue weighted by Gasteiger charge is 2.19. The Morgan fingerprint density at radius 1 is 0.955 bits per heavy atom. The van der Waals surface area contributed by atoms with Crippen LogP contribution in [0.3, 0.4) is 0 Å². The molecule has 0 fully saturated rings. The predicted molar refractivity (Wildman–Crippen MR) is 92.9 cm³/mol. The number of halogens is 2. The van der Waals surface area contributed by atoms with Gasteiger partial charge in [0.15, 0.2) is 0 Å². The van der Waals surface area contributed by atoms with Crippen molar-refractivity contribution in [2.45, 2.75) is 26.2 Å². The normalized spacial score (nSPS) is 12.5. The number of rotatable bonds is 3. The zero-order valence-electron chi connectivity index (χ0n) is 12.7. The standard InChI is InChI=1S/C18H18Cl2O2/c1-11(12-4-6-16(21)14(19)8-12)10-18(2,3)13-5-7-17(22)15(20)9-13/h4-10,21-22H,1-3H3. The molecule has 0 heterocycles. The van der Waals surface area contributed by atoms with E-state index in [0.717, 1.165) is 16.7 Å². The predicted octanol–water partition coefficient (Wildman–Crippen LogP) is 5.79. The molecule has 4 heteroatoms. The van der Waals surface area contributed by atoms with Crippen LogP contribution in [0.1, 0.15) is 31.9 Å². The minimum absolute atomic E-state index is 0.0720. The van der Waals surface area contributed by atoms with E-state index in [1.165, 1.54) is 0 Å². The highest BCUT2D eigenvalue weighted by Crippen LogP contribution is 2.34. The van der Waals surface area contributed by atoms with Crippen molar-refractivity contribution in [2.75, 3.05) is 0 Å². The Labute approximate surface area is 140 Å². The van der Waals surface area contributed by atoms with Crippen LogP contribution >= 0.6 is 23.2 Å². The Bertz CT molecular complexity index is 734. The maximum Gasteiger partial charge on any atom is 0.134 e. The minimum Gasteiger partial charge on any atom is -0.506 e. The monoisotopic (exact) mass is 336 g/mol. The Morgan fingerprint density at radius 3 is 2.05 bits per heavy atom. The van der Waals surface area contributed by atoms with Crippen molar-refractivity contribution in [3.63, 3.8) is 0 Å². The molecule has 0 bridgehead atoms. The molecule has 2 N–H and O–H groups in total. The highest BCUT2D eigenvalue weighted by atomic mass is 35.5. The molecule has 116 valence electrons. The number of benzene rings is 2. The summed E-state index contributed by atoms with van der Waals surface area (Å²) >= 11 is 12.0. The van der Waals surface area contributed by atoms with Gasteiger partial charge in [0, 0.05) is 5.41 Å². The van der Waals surface area contributed by atoms with Crippen molar-refractivity contribution in [3.8, 4) is 11.5 Å². The summed E-state index contributed by atoms with van der Waals surface area (Å²) in [7, 11) is 0. The maximum atomic E-state index is 9.54. The largest absolute Gasteiger partial charge is 0.506 e. The molecule has 0 aliphatic heterocycles. The first-order valence-electron chi connectivity index (χ1n) is 6.88. The highest BCUT2D eigenvalue weighted by molar-refractivity contribution is 6.32. The quantitative estimate of drug-likeness (QED) is 0.745. The fourth-order valence-electron chi connectivity index (χ4n) is 2.37. The first kappa shape index (κ1) is 16.7. The molecule has 0 unspecified atom stereocenters. The summed E-state index contributed by atoms with van der Waals surface area (Å²) in [6.45, 7) is 6.13. The van der Waals surface area contributed by atoms with Gasteiger partial charge < -0.3 is 10.2 Å². The van der Waals surface area contributed by atoms with Crippen molar-refractivity contribution in [2.24, 2.45) is 0 Å². The molecule has 0 amide bonds. The zero-order chi connectivity index (χ0) is 16.5. The van der Waals surface area contributed by atoms with Crippen LogP contribution in [-0.4, -0.2) is 10.2 Å². The van der Waals surface area contributed by atoms with Crippen molar-refractivity contribution in [1.29, 1.82) is 0 Å². The zero-order valence-corrected chi connectivity index (χ0v) is 14.2. The van der Waals surface area contributed by atoms with Gasteiger partial charge in [0.25, 0.3) is 0 Å². The second-order valence-corrected chi connectivity index (χ2v) is 6.70. The first-order valence-corrected chi connectivity index (χ1v) is 7.63. The van der Waals surface area contributed by atoms with Crippen LogP contribution in [0.25, 0.3) is 5.57 Å². The Morgan fingerprint density at radius 2 is 1.50 bits per heavy atom. The molecule has 0 radical (unpaired) electrons. The number of aromatic hydroxyl groups is 2. The summed E-state index contributed by atoms with van der Waals surface area (Å²) in [6, 6.07) is 10.4. The minimum atomic E-state index is -0.272. The summed E-state index contributed by atoms with van der Waals surface area (Å²) < 4.78 is 0. The maximum absolute atomic E-state index is 9.54. The lowest BCUT2D eigenvalue weighted by atomic mass is 9.82. The van der Waals surface area contributed by atoms with Gasteiger partial charge in [-0.15, -0.1) is 0 Å². The van der Waals surface area contributed by atoms with Gasteiger partial charge in [0.2, 0.25) is 0 Å². The van der Waals surface area contributed by atoms with Crippen LogP contribution in [0.2, 0.25) is 10.0 Å². The van der Waals surface area contributed by atoms with Crippen LogP contribution in [-0.2, 0) is 5.41 Å². The van der Waals surface area contributed by atoms with Crippen molar-refractivity contribution >= 4 is 28.8 Å². The van der Waals surface area contributed by atoms with Gasteiger partial charge in [-0.3, -0.25) is 0 Å². The van der Waals surface area contributed by atoms with Gasteiger partial charge in [0.1, 0.15) is 11.5 Å². The van der Waals surface area contributed by atoms with E-state index < -0.39 is 0 Å². The Balaban J connectivity index is 2.39. The topological polar surface area (TPSA) is 40.5 Å². The molecule has 0 atom stereocenters. The summed E-state index contributed by atoms with van der Waals surface area (Å²) in [5.74, 6) is 0.148. The van der Waals surface area contributed by atoms with E-state index in [2.05, 4.69) is 19.9 Å². The van der Waals surface area contributed by atoms with E-state index in [-0.39, 0.29) is 16.9 Å². The lowest BCUT2D eigenvalue weighted by Gasteiger charge is -2.23. The van der Waals surface area contributed by atoms with E-state index in [1.54, 1.807) is 24.3 Å². The second kappa shape index (κ2) is 6.23. The number of phenolic OH excluding ortho intramolecular Hbond substituents is 2. The van der Waals surface area contributed by atoms with Crippen LogP contribution in [0.15, 0.2) is 42.5 Å². The van der Waals surface area contributed by atoms with Gasteiger partial charge in [-0.05, 0) is 47.9 Å². The van der Waals surface area contributed by atoms with Gasteiger partial charge >= 0.3 is 0 Å². The van der Waals surface area contributed by atoms with Crippen molar-refractivity contribution in [1.82, 2.24) is 0 Å². The molecule has 2 rings (SSSR count). The molecule has 0 saturated carbocycles. The van der Waals surface area contributed by atoms with Gasteiger partial charge in [-0.1, -0.05) is 55.3 Å². The molecular weight excluding hydrogens is 319 g/mol. The smallest absolute Gasteiger partial charge is 0.134 e. The van der Waals surface area contributed by atoms with E-state index >= 15 is 0 Å². The molecule has 2 nitrogen and oxygen atoms in total. The van der Waals surface area contributed by atoms with Crippen LogP contribution in [0, 0.1) is 0 Å². The Hall–Kier alpha value is -1.64. The summed E-state index contributed by atoms with van der Waals surface area (Å²) in [4.78, 5) is 0. The molecule has 0 spiro atoms. The van der Waals surface area contributed by atoms with Gasteiger partial charge in [-0.2, -0.15) is 0 Å². The fraction of sp³-hybridized carbons (Fsp3) is 0.222. The number of hydrogen-bond donors (Lipinski definition) is 2. The molecule has 22 heavy (non-hydrogen) atoms. The van der Waals surface area contributed by atoms with Crippen LogP contribution < -0.4 is 0 Å². The Kier molecular flexibility index (Phi) is 4.74. The molecule has 2 aromatic carbocycles. The van der Waals surface area contributed by atoms with E-state index in [4.69, 9.17) is 23.2 Å². The van der Waals surface area contributed by atoms with E-state index in [9.17, 15) is 10.2 Å². The second-order valence-electron chi connectivity index (χ2n) is 5.88. The molecule has 0 aliphatic rings. The average Bonchev–Trinajstić information content (AvgIpc) is 2.44. The fourth-order valence-corrected chi connectivity index (χ4v) is 2.73. The lowest BCUT2D eigenvalue weighted by molar-refractivity contribution is 0.474. The lowest BCUT2D eigenvalue weighted by Crippen LogP contribution is -2.14. The van der Waals surface area contributed by atoms with Crippen molar-refractivity contribution in [3.05, 3.63) is 63.6 Å². The summed E-state index contributed by atoms with van der Waals surface area (Å²) in [5, 5.41) is 19.7. The van der Waals surface area contributed by atoms with Crippen LogP contribution in [0.5, 0.6) is 11.5 Å². The summed E-state index contributed by atoms with van der Waals surface area (Å²) in [5.41, 5.74) is 2.71. The first-order chi connectivity index (χ1) is 10.2. The average molecular weight is 337 g/mol. The summed E-state index contributed by atoms with van der Waals surface area (Å²) in [6.07, 6.45) is 2.11. The van der Waals surface area contributed by atoms with E-state index in [1.807, 2.05) is 19.1 Å². The number of allylic oxidation sites excluding steroid dienone is 2. The van der Waals surface area contributed by atoms with Crippen molar-refractivity contribution < 1.29 is 10.2 Å². The number of hydrogen-bond acceptors (Lipinski definition) is 2. The van der Waals surface area contributed by atoms with Gasteiger partial charge in [0.05, 0.1) is 10.0 Å².